The van der Waals surface area contributed by atoms with Gasteiger partial charge >= 0.3 is 0 Å². The molecular weight excluding hydrogens is 206 g/mol. The summed E-state index contributed by atoms with van der Waals surface area (Å²) in [5, 5.41) is 10.4. The number of hydrogen-bond acceptors (Lipinski definition) is 5. The van der Waals surface area contributed by atoms with Crippen molar-refractivity contribution in [1.29, 1.82) is 5.26 Å². The van der Waals surface area contributed by atoms with Crippen molar-refractivity contribution >= 4 is 0 Å². The minimum Gasteiger partial charge on any atom is -0.491 e. The van der Waals surface area contributed by atoms with E-state index in [2.05, 4.69) is 4.98 Å². The Hall–Kier alpha value is -1.64. The smallest absolute Gasteiger partial charge is 0.143 e. The number of nitriles is 1. The molecule has 1 aromatic heterocycles. The lowest BCUT2D eigenvalue weighted by molar-refractivity contribution is -0.113. The summed E-state index contributed by atoms with van der Waals surface area (Å²) >= 11 is 0. The van der Waals surface area contributed by atoms with Crippen LogP contribution in [0.5, 0.6) is 5.75 Å². The summed E-state index contributed by atoms with van der Waals surface area (Å²) in [6, 6.07) is 3.81. The third-order valence-corrected chi connectivity index (χ3v) is 2.15. The second kappa shape index (κ2) is 6.05. The van der Waals surface area contributed by atoms with Gasteiger partial charge in [0.2, 0.25) is 0 Å². The highest BCUT2D eigenvalue weighted by molar-refractivity contribution is 5.35. The van der Waals surface area contributed by atoms with Crippen LogP contribution in [0.3, 0.4) is 0 Å². The average molecular weight is 221 g/mol. The van der Waals surface area contributed by atoms with Crippen LogP contribution in [0.2, 0.25) is 0 Å². The third kappa shape index (κ3) is 3.50. The molecule has 0 fully saturated rings. The molecule has 0 atom stereocenters. The molecule has 16 heavy (non-hydrogen) atoms. The Bertz CT molecular complexity index is 387. The molecule has 0 N–H and O–H groups in total. The molecule has 86 valence electrons. The van der Waals surface area contributed by atoms with Gasteiger partial charge in [0.05, 0.1) is 19.9 Å². The highest BCUT2D eigenvalue weighted by atomic mass is 16.7. The van der Waals surface area contributed by atoms with Crippen LogP contribution in [0, 0.1) is 18.3 Å². The fourth-order valence-corrected chi connectivity index (χ4v) is 1.13. The summed E-state index contributed by atoms with van der Waals surface area (Å²) in [7, 11) is 3.43. The van der Waals surface area contributed by atoms with Gasteiger partial charge in [0.15, 0.2) is 0 Å². The lowest BCUT2D eigenvalue weighted by Crippen LogP contribution is -2.23. The van der Waals surface area contributed by atoms with E-state index in [1.807, 2.05) is 20.0 Å². The third-order valence-electron chi connectivity index (χ3n) is 2.15. The molecule has 0 saturated heterocycles. The van der Waals surface area contributed by atoms with Gasteiger partial charge in [-0.25, -0.2) is 4.98 Å². The van der Waals surface area contributed by atoms with Gasteiger partial charge in [-0.05, 0) is 18.6 Å². The van der Waals surface area contributed by atoms with Crippen LogP contribution in [-0.2, 0) is 4.84 Å². The van der Waals surface area contributed by atoms with Crippen molar-refractivity contribution in [1.82, 2.24) is 10.0 Å². The molecule has 5 nitrogen and oxygen atoms in total. The summed E-state index contributed by atoms with van der Waals surface area (Å²) in [6.07, 6.45) is 1.55. The van der Waals surface area contributed by atoms with E-state index in [0.717, 1.165) is 5.56 Å². The number of nitrogens with zero attached hydrogens (tertiary/aromatic N) is 3. The maximum Gasteiger partial charge on any atom is 0.143 e. The highest BCUT2D eigenvalue weighted by Gasteiger charge is 2.02. The van der Waals surface area contributed by atoms with E-state index in [9.17, 15) is 0 Å². The maximum atomic E-state index is 8.71. The van der Waals surface area contributed by atoms with Crippen molar-refractivity contribution in [3.05, 3.63) is 23.5 Å². The molecule has 0 aliphatic carbocycles. The number of pyridine rings is 1. The topological polar surface area (TPSA) is 58.4 Å². The number of ether oxygens (including phenoxy) is 1. The van der Waals surface area contributed by atoms with Gasteiger partial charge < -0.3 is 9.57 Å². The van der Waals surface area contributed by atoms with Crippen molar-refractivity contribution in [3.8, 4) is 11.8 Å². The Kier molecular flexibility index (Phi) is 4.70. The summed E-state index contributed by atoms with van der Waals surface area (Å²) < 4.78 is 5.47. The SMILES string of the molecule is CON(C)CCOc1cnc(C#N)c(C)c1. The van der Waals surface area contributed by atoms with Gasteiger partial charge in [-0.2, -0.15) is 10.3 Å². The van der Waals surface area contributed by atoms with Gasteiger partial charge in [-0.3, -0.25) is 0 Å². The number of aromatic nitrogens is 1. The monoisotopic (exact) mass is 221 g/mol. The number of hydroxylamine groups is 2. The predicted octanol–water partition coefficient (Wildman–Crippen LogP) is 1.13. The average Bonchev–Trinajstić information content (AvgIpc) is 2.29. The molecule has 0 bridgehead atoms. The molecule has 0 unspecified atom stereocenters. The molecule has 0 amide bonds. The zero-order chi connectivity index (χ0) is 12.0. The largest absolute Gasteiger partial charge is 0.491 e. The lowest BCUT2D eigenvalue weighted by atomic mass is 10.2. The van der Waals surface area contributed by atoms with E-state index in [0.29, 0.717) is 24.6 Å². The Balaban J connectivity index is 2.50. The zero-order valence-electron chi connectivity index (χ0n) is 9.73. The first-order chi connectivity index (χ1) is 7.67. The van der Waals surface area contributed by atoms with E-state index < -0.39 is 0 Å². The van der Waals surface area contributed by atoms with Crippen LogP contribution in [0.4, 0.5) is 0 Å². The fraction of sp³-hybridized carbons (Fsp3) is 0.455. The fourth-order valence-electron chi connectivity index (χ4n) is 1.13. The molecular formula is C11H15N3O2. The Morgan fingerprint density at radius 3 is 2.88 bits per heavy atom. The lowest BCUT2D eigenvalue weighted by Gasteiger charge is -2.13. The molecule has 1 heterocycles. The molecule has 0 saturated carbocycles. The number of hydrogen-bond donors (Lipinski definition) is 0. The number of likely N-dealkylation sites (N-methyl/N-ethyl adjacent to an activating group) is 1. The first-order valence-electron chi connectivity index (χ1n) is 4.92. The first kappa shape index (κ1) is 12.4. The van der Waals surface area contributed by atoms with E-state index >= 15 is 0 Å². The van der Waals surface area contributed by atoms with E-state index in [4.69, 9.17) is 14.8 Å². The Labute approximate surface area is 95.2 Å². The molecule has 1 rings (SSSR count). The second-order valence-electron chi connectivity index (χ2n) is 3.33. The van der Waals surface area contributed by atoms with Crippen LogP contribution in [0.15, 0.2) is 12.3 Å². The van der Waals surface area contributed by atoms with Crippen molar-refractivity contribution in [3.63, 3.8) is 0 Å². The molecule has 0 radical (unpaired) electrons. The van der Waals surface area contributed by atoms with E-state index in [1.54, 1.807) is 24.4 Å². The minimum absolute atomic E-state index is 0.432. The molecule has 0 aromatic carbocycles. The number of aryl methyl sites for hydroxylation is 1. The second-order valence-corrected chi connectivity index (χ2v) is 3.33. The van der Waals surface area contributed by atoms with Crippen LogP contribution >= 0.6 is 0 Å². The maximum absolute atomic E-state index is 8.71. The van der Waals surface area contributed by atoms with Crippen LogP contribution < -0.4 is 4.74 Å². The zero-order valence-corrected chi connectivity index (χ0v) is 9.73. The predicted molar refractivity (Wildman–Crippen MR) is 58.8 cm³/mol. The molecule has 1 aromatic rings. The summed E-state index contributed by atoms with van der Waals surface area (Å²) in [5.41, 5.74) is 1.25. The molecule has 0 aliphatic heterocycles. The summed E-state index contributed by atoms with van der Waals surface area (Å²) in [6.45, 7) is 3.01. The van der Waals surface area contributed by atoms with Gasteiger partial charge in [-0.15, -0.1) is 0 Å². The minimum atomic E-state index is 0.432. The van der Waals surface area contributed by atoms with Crippen LogP contribution in [0.1, 0.15) is 11.3 Å². The van der Waals surface area contributed by atoms with Crippen molar-refractivity contribution in [2.45, 2.75) is 6.92 Å². The summed E-state index contributed by atoms with van der Waals surface area (Å²) in [4.78, 5) is 8.93. The van der Waals surface area contributed by atoms with Gasteiger partial charge in [0.1, 0.15) is 24.1 Å². The van der Waals surface area contributed by atoms with Crippen molar-refractivity contribution in [2.24, 2.45) is 0 Å². The highest BCUT2D eigenvalue weighted by Crippen LogP contribution is 2.13. The normalized spacial score (nSPS) is 10.2. The van der Waals surface area contributed by atoms with Crippen LogP contribution in [-0.4, -0.2) is 37.4 Å². The Morgan fingerprint density at radius 1 is 1.56 bits per heavy atom. The van der Waals surface area contributed by atoms with Gasteiger partial charge in [0.25, 0.3) is 0 Å². The van der Waals surface area contributed by atoms with E-state index in [-0.39, 0.29) is 0 Å². The first-order valence-corrected chi connectivity index (χ1v) is 4.92. The van der Waals surface area contributed by atoms with Gasteiger partial charge in [-0.1, -0.05) is 0 Å². The summed E-state index contributed by atoms with van der Waals surface area (Å²) in [5.74, 6) is 0.668. The molecule has 0 spiro atoms. The Morgan fingerprint density at radius 2 is 2.31 bits per heavy atom. The standard InChI is InChI=1S/C11H15N3O2/c1-9-6-10(8-13-11(9)7-12)16-5-4-14(2)15-3/h6,8H,4-5H2,1-3H3. The van der Waals surface area contributed by atoms with Crippen molar-refractivity contribution in [2.75, 3.05) is 27.3 Å². The van der Waals surface area contributed by atoms with Crippen molar-refractivity contribution < 1.29 is 9.57 Å². The van der Waals surface area contributed by atoms with Gasteiger partial charge in [0, 0.05) is 7.05 Å². The number of rotatable bonds is 5. The quantitative estimate of drug-likeness (QED) is 0.698. The van der Waals surface area contributed by atoms with E-state index in [1.165, 1.54) is 0 Å². The molecule has 0 aliphatic rings. The van der Waals surface area contributed by atoms with Crippen LogP contribution in [0.25, 0.3) is 0 Å². The molecule has 5 heteroatoms.